The van der Waals surface area contributed by atoms with Crippen LogP contribution >= 0.6 is 0 Å². The largest absolute Gasteiger partial charge is 0.382 e. The van der Waals surface area contributed by atoms with Crippen LogP contribution in [0.4, 0.5) is 5.82 Å². The molecule has 5 aromatic rings. The second-order valence-electron chi connectivity index (χ2n) is 9.87. The summed E-state index contributed by atoms with van der Waals surface area (Å²) < 4.78 is 27.1. The first-order valence-corrected chi connectivity index (χ1v) is 13.5. The van der Waals surface area contributed by atoms with Crippen LogP contribution < -0.4 is 11.4 Å². The van der Waals surface area contributed by atoms with E-state index in [2.05, 4.69) is 15.2 Å². The van der Waals surface area contributed by atoms with Crippen LogP contribution in [0.3, 0.4) is 0 Å². The van der Waals surface area contributed by atoms with Gasteiger partial charge in [0.2, 0.25) is 0 Å². The second-order valence-corrected chi connectivity index (χ2v) is 9.87. The molecule has 3 N–H and O–H groups in total. The lowest BCUT2D eigenvalue weighted by molar-refractivity contribution is -0.0916. The molecule has 0 amide bonds. The molecule has 3 heterocycles. The number of nitrogen functional groups attached to an aromatic ring is 1. The van der Waals surface area contributed by atoms with Gasteiger partial charge in [0.15, 0.2) is 12.0 Å². The molecule has 1 fully saturated rings. The van der Waals surface area contributed by atoms with E-state index in [9.17, 15) is 4.79 Å². The van der Waals surface area contributed by atoms with Gasteiger partial charge in [0.25, 0.3) is 0 Å². The minimum Gasteiger partial charge on any atom is -0.382 e. The predicted molar refractivity (Wildman–Crippen MR) is 153 cm³/mol. The lowest BCUT2D eigenvalue weighted by atomic mass is 10.1. The van der Waals surface area contributed by atoms with E-state index < -0.39 is 30.2 Å². The van der Waals surface area contributed by atoms with Crippen LogP contribution in [0, 0.1) is 0 Å². The standard InChI is InChI=1S/C31H31N5O5/c32-29-26-24(16-33-35-26)36(31(37)34-29)30-28(40-19-23-14-8-3-9-15-23)27(39-18-22-12-6-2-7-13-22)25(41-30)20-38-17-21-10-4-1-5-11-21/h1-16,25,27-28,30H,17-20H2,(H,33,35)(H2,32,34,37)/t25-,27-,28+,30-/m1/s1. The van der Waals surface area contributed by atoms with E-state index >= 15 is 0 Å². The summed E-state index contributed by atoms with van der Waals surface area (Å²) in [7, 11) is 0. The van der Waals surface area contributed by atoms with Gasteiger partial charge in [-0.3, -0.25) is 9.67 Å². The molecule has 2 aromatic heterocycles. The molecule has 41 heavy (non-hydrogen) atoms. The van der Waals surface area contributed by atoms with Gasteiger partial charge in [0, 0.05) is 0 Å². The number of aromatic amines is 1. The molecule has 6 rings (SSSR count). The van der Waals surface area contributed by atoms with E-state index in [4.69, 9.17) is 24.7 Å². The molecule has 10 nitrogen and oxygen atoms in total. The number of nitrogens with one attached hydrogen (secondary N) is 1. The summed E-state index contributed by atoms with van der Waals surface area (Å²) >= 11 is 0. The third-order valence-corrected chi connectivity index (χ3v) is 7.06. The highest BCUT2D eigenvalue weighted by Crippen LogP contribution is 2.36. The van der Waals surface area contributed by atoms with Crippen LogP contribution in [0.15, 0.2) is 102 Å². The quantitative estimate of drug-likeness (QED) is 0.252. The number of hydrogen-bond donors (Lipinski definition) is 2. The number of rotatable bonds is 11. The normalized spacial score (nSPS) is 20.5. The zero-order valence-corrected chi connectivity index (χ0v) is 22.3. The van der Waals surface area contributed by atoms with Crippen LogP contribution in [0.2, 0.25) is 0 Å². The highest BCUT2D eigenvalue weighted by atomic mass is 16.6. The number of ether oxygens (including phenoxy) is 4. The first-order chi connectivity index (χ1) is 20.2. The molecule has 0 spiro atoms. The number of nitrogens with two attached hydrogens (primary N) is 1. The molecule has 4 atom stereocenters. The van der Waals surface area contributed by atoms with Gasteiger partial charge < -0.3 is 24.7 Å². The third-order valence-electron chi connectivity index (χ3n) is 7.06. The lowest BCUT2D eigenvalue weighted by Gasteiger charge is -2.26. The number of aromatic nitrogens is 4. The molecule has 3 aromatic carbocycles. The monoisotopic (exact) mass is 553 g/mol. The van der Waals surface area contributed by atoms with Crippen molar-refractivity contribution in [2.45, 2.75) is 44.4 Å². The van der Waals surface area contributed by atoms with Gasteiger partial charge in [0.05, 0.1) is 38.1 Å². The van der Waals surface area contributed by atoms with Crippen molar-refractivity contribution in [3.63, 3.8) is 0 Å². The molecular weight excluding hydrogens is 522 g/mol. The summed E-state index contributed by atoms with van der Waals surface area (Å²) in [6.45, 7) is 1.25. The Balaban J connectivity index is 1.33. The molecule has 0 bridgehead atoms. The molecular formula is C31H31N5O5. The molecule has 1 saturated heterocycles. The number of fused-ring (bicyclic) bond motifs is 1. The Labute approximate surface area is 236 Å². The van der Waals surface area contributed by atoms with Crippen molar-refractivity contribution < 1.29 is 18.9 Å². The summed E-state index contributed by atoms with van der Waals surface area (Å²) in [6.07, 6.45) is -1.12. The number of nitrogens with zero attached hydrogens (tertiary/aromatic N) is 3. The fraction of sp³-hybridized carbons (Fsp3) is 0.258. The van der Waals surface area contributed by atoms with Gasteiger partial charge in [-0.25, -0.2) is 4.79 Å². The maximum absolute atomic E-state index is 13.3. The van der Waals surface area contributed by atoms with Crippen molar-refractivity contribution in [2.24, 2.45) is 0 Å². The summed E-state index contributed by atoms with van der Waals surface area (Å²) in [5.41, 5.74) is 9.38. The first-order valence-electron chi connectivity index (χ1n) is 13.5. The van der Waals surface area contributed by atoms with E-state index in [0.29, 0.717) is 30.9 Å². The predicted octanol–water partition coefficient (Wildman–Crippen LogP) is 3.99. The minimum atomic E-state index is -0.870. The fourth-order valence-corrected chi connectivity index (χ4v) is 5.04. The third kappa shape index (κ3) is 6.06. The number of hydrogen-bond acceptors (Lipinski definition) is 8. The van der Waals surface area contributed by atoms with Crippen LogP contribution in [0.1, 0.15) is 22.9 Å². The molecule has 1 aliphatic rings. The molecule has 10 heteroatoms. The SMILES string of the molecule is Nc1nc(=O)n([C@@H]2O[C@H](COCc3ccccc3)[C@@H](OCc3ccccc3)[C@@H]2OCc2ccccc2)c2cn[nH]c12. The zero-order chi connectivity index (χ0) is 28.0. The van der Waals surface area contributed by atoms with Gasteiger partial charge in [-0.15, -0.1) is 0 Å². The first kappa shape index (κ1) is 26.9. The molecule has 0 radical (unpaired) electrons. The van der Waals surface area contributed by atoms with E-state index in [1.807, 2.05) is 91.0 Å². The topological polar surface area (TPSA) is 127 Å². The minimum absolute atomic E-state index is 0.0677. The van der Waals surface area contributed by atoms with Gasteiger partial charge in [-0.2, -0.15) is 10.1 Å². The average Bonchev–Trinajstić information content (AvgIpc) is 3.62. The summed E-state index contributed by atoms with van der Waals surface area (Å²) in [5, 5.41) is 6.92. The van der Waals surface area contributed by atoms with Gasteiger partial charge in [-0.1, -0.05) is 91.0 Å². The summed E-state index contributed by atoms with van der Waals surface area (Å²) in [6, 6.07) is 29.6. The smallest absolute Gasteiger partial charge is 0.352 e. The molecule has 0 aliphatic carbocycles. The highest BCUT2D eigenvalue weighted by molar-refractivity contribution is 5.83. The van der Waals surface area contributed by atoms with Crippen molar-refractivity contribution in [2.75, 3.05) is 12.3 Å². The van der Waals surface area contributed by atoms with E-state index in [-0.39, 0.29) is 12.4 Å². The van der Waals surface area contributed by atoms with Crippen molar-refractivity contribution in [3.05, 3.63) is 124 Å². The van der Waals surface area contributed by atoms with Crippen LogP contribution in [-0.4, -0.2) is 44.7 Å². The molecule has 0 unspecified atom stereocenters. The number of anilines is 1. The number of H-pyrrole nitrogens is 1. The highest BCUT2D eigenvalue weighted by Gasteiger charge is 2.48. The Morgan fingerprint density at radius 3 is 1.98 bits per heavy atom. The Morgan fingerprint density at radius 1 is 0.805 bits per heavy atom. The average molecular weight is 554 g/mol. The fourth-order valence-electron chi connectivity index (χ4n) is 5.04. The van der Waals surface area contributed by atoms with Crippen molar-refractivity contribution >= 4 is 16.9 Å². The van der Waals surface area contributed by atoms with Gasteiger partial charge >= 0.3 is 5.69 Å². The van der Waals surface area contributed by atoms with E-state index in [1.54, 1.807) is 0 Å². The van der Waals surface area contributed by atoms with Gasteiger partial charge in [-0.05, 0) is 16.7 Å². The molecule has 210 valence electrons. The number of benzene rings is 3. The molecule has 1 aliphatic heterocycles. The maximum Gasteiger partial charge on any atom is 0.352 e. The van der Waals surface area contributed by atoms with Crippen LogP contribution in [0.25, 0.3) is 11.0 Å². The summed E-state index contributed by atoms with van der Waals surface area (Å²) in [5.74, 6) is 0.0677. The van der Waals surface area contributed by atoms with E-state index in [0.717, 1.165) is 16.7 Å². The van der Waals surface area contributed by atoms with Crippen molar-refractivity contribution in [1.29, 1.82) is 0 Å². The van der Waals surface area contributed by atoms with Crippen molar-refractivity contribution in [3.8, 4) is 0 Å². The van der Waals surface area contributed by atoms with Gasteiger partial charge in [0.1, 0.15) is 23.8 Å². The Hall–Kier alpha value is -4.35. The van der Waals surface area contributed by atoms with E-state index in [1.165, 1.54) is 10.8 Å². The Bertz CT molecular complexity index is 1610. The van der Waals surface area contributed by atoms with Crippen LogP contribution in [-0.2, 0) is 38.8 Å². The van der Waals surface area contributed by atoms with Crippen molar-refractivity contribution in [1.82, 2.24) is 19.7 Å². The van der Waals surface area contributed by atoms with Crippen LogP contribution in [0.5, 0.6) is 0 Å². The zero-order valence-electron chi connectivity index (χ0n) is 22.3. The molecule has 0 saturated carbocycles. The second kappa shape index (κ2) is 12.4. The summed E-state index contributed by atoms with van der Waals surface area (Å²) in [4.78, 5) is 17.3. The maximum atomic E-state index is 13.3. The Morgan fingerprint density at radius 2 is 1.37 bits per heavy atom. The Kier molecular flexibility index (Phi) is 8.15. The lowest BCUT2D eigenvalue weighted by Crippen LogP contribution is -2.40.